The van der Waals surface area contributed by atoms with Crippen LogP contribution in [0.5, 0.6) is 0 Å². The molecule has 1 aromatic carbocycles. The zero-order valence-corrected chi connectivity index (χ0v) is 9.51. The average Bonchev–Trinajstić information content (AvgIpc) is 2.17. The highest BCUT2D eigenvalue weighted by molar-refractivity contribution is 5.23. The number of nitrogens with one attached hydrogen (secondary N) is 1. The summed E-state index contributed by atoms with van der Waals surface area (Å²) in [5, 5.41) is 0. The van der Waals surface area contributed by atoms with E-state index in [1.165, 1.54) is 6.07 Å². The molecule has 0 bridgehead atoms. The monoisotopic (exact) mass is 211 g/mol. The Morgan fingerprint density at radius 1 is 1.40 bits per heavy atom. The lowest BCUT2D eigenvalue weighted by Gasteiger charge is -2.09. The number of hydroxylamine groups is 1. The minimum absolute atomic E-state index is 0.193. The lowest BCUT2D eigenvalue weighted by Crippen LogP contribution is -2.18. The molecular formula is C12H18FNO. The van der Waals surface area contributed by atoms with Crippen LogP contribution in [0.25, 0.3) is 0 Å². The van der Waals surface area contributed by atoms with Gasteiger partial charge in [0.1, 0.15) is 5.82 Å². The molecule has 0 unspecified atom stereocenters. The minimum atomic E-state index is -0.193. The summed E-state index contributed by atoms with van der Waals surface area (Å²) in [6, 6.07) is 5.06. The minimum Gasteiger partial charge on any atom is -0.301 e. The summed E-state index contributed by atoms with van der Waals surface area (Å²) in [6.07, 6.45) is 0. The Kier molecular flexibility index (Phi) is 4.72. The molecule has 2 nitrogen and oxygen atoms in total. The average molecular weight is 211 g/mol. The van der Waals surface area contributed by atoms with Gasteiger partial charge in [-0.25, -0.2) is 4.39 Å². The second kappa shape index (κ2) is 5.83. The molecule has 0 aliphatic carbocycles. The molecule has 0 radical (unpaired) electrons. The van der Waals surface area contributed by atoms with Crippen LogP contribution >= 0.6 is 0 Å². The summed E-state index contributed by atoms with van der Waals surface area (Å²) in [5.74, 6) is 0.279. The highest BCUT2D eigenvalue weighted by Gasteiger charge is 2.01. The first-order valence-electron chi connectivity index (χ1n) is 5.19. The third-order valence-electron chi connectivity index (χ3n) is 1.98. The number of hydrogen-bond donors (Lipinski definition) is 1. The van der Waals surface area contributed by atoms with Crippen LogP contribution in [-0.2, 0) is 11.4 Å². The number of benzene rings is 1. The topological polar surface area (TPSA) is 21.3 Å². The van der Waals surface area contributed by atoms with Crippen molar-refractivity contribution >= 4 is 0 Å². The lowest BCUT2D eigenvalue weighted by atomic mass is 10.1. The first kappa shape index (κ1) is 12.1. The van der Waals surface area contributed by atoms with E-state index in [0.717, 1.165) is 5.56 Å². The summed E-state index contributed by atoms with van der Waals surface area (Å²) < 4.78 is 13.3. The Morgan fingerprint density at radius 3 is 2.80 bits per heavy atom. The van der Waals surface area contributed by atoms with Crippen LogP contribution in [-0.4, -0.2) is 6.61 Å². The van der Waals surface area contributed by atoms with Crippen LogP contribution in [0.1, 0.15) is 25.0 Å². The fourth-order valence-electron chi connectivity index (χ4n) is 1.19. The molecule has 0 aliphatic heterocycles. The van der Waals surface area contributed by atoms with Crippen molar-refractivity contribution in [3.63, 3.8) is 0 Å². The molecule has 1 rings (SSSR count). The molecule has 0 amide bonds. The van der Waals surface area contributed by atoms with Gasteiger partial charge < -0.3 is 4.84 Å². The number of aryl methyl sites for hydroxylation is 1. The van der Waals surface area contributed by atoms with E-state index >= 15 is 0 Å². The van der Waals surface area contributed by atoms with Crippen molar-refractivity contribution in [2.75, 3.05) is 6.61 Å². The van der Waals surface area contributed by atoms with Gasteiger partial charge >= 0.3 is 0 Å². The number of halogens is 1. The van der Waals surface area contributed by atoms with Gasteiger partial charge in [-0.05, 0) is 18.9 Å². The van der Waals surface area contributed by atoms with Crippen LogP contribution in [0, 0.1) is 18.7 Å². The predicted octanol–water partition coefficient (Wildman–Crippen LogP) is 2.81. The first-order chi connectivity index (χ1) is 7.09. The standard InChI is InChI=1S/C12H18FNO/c1-9(2)8-15-14-7-11-6-10(3)4-5-12(11)13/h4-6,9,14H,7-8H2,1-3H3. The number of rotatable bonds is 5. The van der Waals surface area contributed by atoms with Gasteiger partial charge in [-0.15, -0.1) is 0 Å². The van der Waals surface area contributed by atoms with E-state index in [1.807, 2.05) is 13.0 Å². The smallest absolute Gasteiger partial charge is 0.127 e. The van der Waals surface area contributed by atoms with Crippen molar-refractivity contribution in [2.45, 2.75) is 27.3 Å². The largest absolute Gasteiger partial charge is 0.301 e. The van der Waals surface area contributed by atoms with E-state index in [4.69, 9.17) is 4.84 Å². The molecule has 3 heteroatoms. The van der Waals surface area contributed by atoms with Crippen molar-refractivity contribution in [3.05, 3.63) is 35.1 Å². The fourth-order valence-corrected chi connectivity index (χ4v) is 1.19. The third kappa shape index (κ3) is 4.40. The molecule has 1 N–H and O–H groups in total. The fraction of sp³-hybridized carbons (Fsp3) is 0.500. The summed E-state index contributed by atoms with van der Waals surface area (Å²) in [6.45, 7) is 7.11. The molecule has 0 atom stereocenters. The summed E-state index contributed by atoms with van der Waals surface area (Å²) in [4.78, 5) is 5.18. The Morgan fingerprint density at radius 2 is 2.13 bits per heavy atom. The van der Waals surface area contributed by atoms with Crippen molar-refractivity contribution < 1.29 is 9.23 Å². The van der Waals surface area contributed by atoms with Gasteiger partial charge in [0.25, 0.3) is 0 Å². The van der Waals surface area contributed by atoms with E-state index in [1.54, 1.807) is 6.07 Å². The maximum Gasteiger partial charge on any atom is 0.127 e. The Bertz CT molecular complexity index is 312. The quantitative estimate of drug-likeness (QED) is 0.597. The highest BCUT2D eigenvalue weighted by Crippen LogP contribution is 2.09. The van der Waals surface area contributed by atoms with Gasteiger partial charge in [-0.3, -0.25) is 0 Å². The van der Waals surface area contributed by atoms with Crippen LogP contribution < -0.4 is 5.48 Å². The van der Waals surface area contributed by atoms with Crippen molar-refractivity contribution in [1.82, 2.24) is 5.48 Å². The van der Waals surface area contributed by atoms with E-state index in [-0.39, 0.29) is 5.82 Å². The Balaban J connectivity index is 2.40. The molecule has 0 heterocycles. The van der Waals surface area contributed by atoms with E-state index in [9.17, 15) is 4.39 Å². The zero-order valence-electron chi connectivity index (χ0n) is 9.51. The van der Waals surface area contributed by atoms with Gasteiger partial charge in [-0.2, -0.15) is 5.48 Å². The van der Waals surface area contributed by atoms with Gasteiger partial charge in [-0.1, -0.05) is 31.5 Å². The summed E-state index contributed by atoms with van der Waals surface area (Å²) >= 11 is 0. The molecule has 0 spiro atoms. The lowest BCUT2D eigenvalue weighted by molar-refractivity contribution is 0.0191. The second-order valence-corrected chi connectivity index (χ2v) is 4.12. The molecule has 0 saturated carbocycles. The van der Waals surface area contributed by atoms with E-state index < -0.39 is 0 Å². The van der Waals surface area contributed by atoms with Gasteiger partial charge in [0.15, 0.2) is 0 Å². The molecule has 0 aliphatic rings. The third-order valence-corrected chi connectivity index (χ3v) is 1.98. The van der Waals surface area contributed by atoms with Crippen LogP contribution in [0.2, 0.25) is 0 Å². The van der Waals surface area contributed by atoms with Crippen LogP contribution in [0.15, 0.2) is 18.2 Å². The van der Waals surface area contributed by atoms with Crippen molar-refractivity contribution in [3.8, 4) is 0 Å². The molecule has 15 heavy (non-hydrogen) atoms. The highest BCUT2D eigenvalue weighted by atomic mass is 19.1. The predicted molar refractivity (Wildman–Crippen MR) is 58.8 cm³/mol. The Labute approximate surface area is 90.4 Å². The van der Waals surface area contributed by atoms with Gasteiger partial charge in [0.2, 0.25) is 0 Å². The molecular weight excluding hydrogens is 193 g/mol. The van der Waals surface area contributed by atoms with E-state index in [0.29, 0.717) is 24.6 Å². The van der Waals surface area contributed by atoms with Gasteiger partial charge in [0, 0.05) is 12.1 Å². The maximum absolute atomic E-state index is 13.3. The summed E-state index contributed by atoms with van der Waals surface area (Å²) in [5.41, 5.74) is 4.45. The SMILES string of the molecule is Cc1ccc(F)c(CNOCC(C)C)c1. The zero-order chi connectivity index (χ0) is 11.3. The molecule has 1 aromatic rings. The molecule has 84 valence electrons. The molecule has 0 aromatic heterocycles. The Hall–Kier alpha value is -0.930. The number of hydrogen-bond acceptors (Lipinski definition) is 2. The first-order valence-corrected chi connectivity index (χ1v) is 5.19. The second-order valence-electron chi connectivity index (χ2n) is 4.12. The van der Waals surface area contributed by atoms with Crippen LogP contribution in [0.4, 0.5) is 4.39 Å². The normalized spacial score (nSPS) is 11.0. The van der Waals surface area contributed by atoms with Crippen molar-refractivity contribution in [1.29, 1.82) is 0 Å². The maximum atomic E-state index is 13.3. The van der Waals surface area contributed by atoms with Crippen LogP contribution in [0.3, 0.4) is 0 Å². The van der Waals surface area contributed by atoms with Crippen molar-refractivity contribution in [2.24, 2.45) is 5.92 Å². The molecule has 0 saturated heterocycles. The van der Waals surface area contributed by atoms with Gasteiger partial charge in [0.05, 0.1) is 6.61 Å². The molecule has 0 fully saturated rings. The van der Waals surface area contributed by atoms with E-state index in [2.05, 4.69) is 19.3 Å². The summed E-state index contributed by atoms with van der Waals surface area (Å²) in [7, 11) is 0.